The molecule has 0 aromatic heterocycles. The molecule has 4 rings (SSSR count). The van der Waals surface area contributed by atoms with Crippen molar-refractivity contribution >= 4 is 23.4 Å². The van der Waals surface area contributed by atoms with Crippen LogP contribution in [-0.2, 0) is 23.8 Å². The maximum Gasteiger partial charge on any atom is 0.419 e. The third kappa shape index (κ3) is 5.81. The number of halogens is 5. The number of carboxylic acid groups (broad SMARTS) is 1. The van der Waals surface area contributed by atoms with Crippen molar-refractivity contribution in [3.8, 4) is 11.1 Å². The number of benzene rings is 3. The van der Waals surface area contributed by atoms with Crippen LogP contribution in [0.3, 0.4) is 0 Å². The molecule has 10 heteroatoms. The van der Waals surface area contributed by atoms with Crippen molar-refractivity contribution in [2.75, 3.05) is 10.6 Å². The van der Waals surface area contributed by atoms with Crippen molar-refractivity contribution in [1.82, 2.24) is 0 Å². The number of aryl methyl sites for hydroxylation is 1. The second-order valence-corrected chi connectivity index (χ2v) is 8.66. The average Bonchev–Trinajstić information content (AvgIpc) is 2.80. The quantitative estimate of drug-likeness (QED) is 0.332. The van der Waals surface area contributed by atoms with Crippen LogP contribution in [0.1, 0.15) is 29.5 Å². The highest BCUT2D eigenvalue weighted by atomic mass is 19.4. The summed E-state index contributed by atoms with van der Waals surface area (Å²) >= 11 is 0. The van der Waals surface area contributed by atoms with Gasteiger partial charge in [-0.25, -0.2) is 13.6 Å². The summed E-state index contributed by atoms with van der Waals surface area (Å²) in [6.07, 6.45) is -2.65. The lowest BCUT2D eigenvalue weighted by Crippen LogP contribution is -2.20. The Balaban J connectivity index is 1.45. The summed E-state index contributed by atoms with van der Waals surface area (Å²) in [7, 11) is 0. The molecule has 2 amide bonds. The summed E-state index contributed by atoms with van der Waals surface area (Å²) in [5, 5.41) is 13.4. The van der Waals surface area contributed by atoms with E-state index in [1.807, 2.05) is 18.2 Å². The average molecular weight is 504 g/mol. The zero-order valence-corrected chi connectivity index (χ0v) is 18.8. The van der Waals surface area contributed by atoms with E-state index in [2.05, 4.69) is 10.6 Å². The smallest absolute Gasteiger partial charge is 0.419 e. The van der Waals surface area contributed by atoms with Gasteiger partial charge in [0.15, 0.2) is 0 Å². The Labute approximate surface area is 203 Å². The van der Waals surface area contributed by atoms with Gasteiger partial charge in [0.25, 0.3) is 0 Å². The molecule has 188 valence electrons. The summed E-state index contributed by atoms with van der Waals surface area (Å²) in [5.74, 6) is -2.96. The third-order valence-electron chi connectivity index (χ3n) is 6.08. The van der Waals surface area contributed by atoms with Crippen molar-refractivity contribution in [2.24, 2.45) is 5.92 Å². The molecule has 3 aromatic rings. The molecule has 0 bridgehead atoms. The zero-order valence-electron chi connectivity index (χ0n) is 18.8. The second kappa shape index (κ2) is 9.96. The summed E-state index contributed by atoms with van der Waals surface area (Å²) in [5.41, 5.74) is 1.43. The highest BCUT2D eigenvalue weighted by Crippen LogP contribution is 2.34. The van der Waals surface area contributed by atoms with Crippen LogP contribution in [0, 0.1) is 17.6 Å². The lowest BCUT2D eigenvalue weighted by atomic mass is 9.81. The van der Waals surface area contributed by atoms with Gasteiger partial charge in [0.05, 0.1) is 11.3 Å². The molecule has 0 fully saturated rings. The van der Waals surface area contributed by atoms with Crippen molar-refractivity contribution in [2.45, 2.75) is 31.9 Å². The Morgan fingerprint density at radius 1 is 0.889 bits per heavy atom. The van der Waals surface area contributed by atoms with E-state index in [9.17, 15) is 31.5 Å². The van der Waals surface area contributed by atoms with Crippen molar-refractivity contribution in [1.29, 1.82) is 0 Å². The highest BCUT2D eigenvalue weighted by Gasteiger charge is 2.34. The van der Waals surface area contributed by atoms with Crippen LogP contribution in [0.15, 0.2) is 54.6 Å². The number of nitrogens with one attached hydrogen (secondary N) is 2. The first-order chi connectivity index (χ1) is 17.0. The minimum atomic E-state index is -4.93. The molecule has 1 aliphatic rings. The first-order valence-corrected chi connectivity index (χ1v) is 11.1. The Bertz CT molecular complexity index is 1320. The van der Waals surface area contributed by atoms with Crippen molar-refractivity contribution in [3.05, 3.63) is 82.9 Å². The van der Waals surface area contributed by atoms with Crippen LogP contribution >= 0.6 is 0 Å². The molecular formula is C26H21F5N2O3. The van der Waals surface area contributed by atoms with E-state index in [1.54, 1.807) is 6.07 Å². The van der Waals surface area contributed by atoms with Crippen molar-refractivity contribution < 1.29 is 36.6 Å². The van der Waals surface area contributed by atoms with Gasteiger partial charge in [-0.15, -0.1) is 0 Å². The normalized spacial score (nSPS) is 15.2. The maximum absolute atomic E-state index is 14.7. The molecule has 0 radical (unpaired) electrons. The fourth-order valence-electron chi connectivity index (χ4n) is 4.33. The van der Waals surface area contributed by atoms with Gasteiger partial charge in [-0.3, -0.25) is 4.79 Å². The predicted octanol–water partition coefficient (Wildman–Crippen LogP) is 6.87. The summed E-state index contributed by atoms with van der Waals surface area (Å²) in [6, 6.07) is 10.8. The number of alkyl halides is 3. The maximum atomic E-state index is 14.7. The first-order valence-electron chi connectivity index (χ1n) is 11.1. The van der Waals surface area contributed by atoms with Gasteiger partial charge in [-0.1, -0.05) is 24.3 Å². The number of fused-ring (bicyclic) bond motifs is 1. The molecule has 1 atom stereocenters. The predicted molar refractivity (Wildman–Crippen MR) is 124 cm³/mol. The molecule has 0 saturated heterocycles. The fraction of sp³-hybridized carbons (Fsp3) is 0.231. The standard InChI is InChI=1S/C26H21F5N2O3/c27-21-7-6-19(13-20(21)26(29,30)31)32-25(36)33-23-8-5-18(12-22(23)28)17-4-3-15-9-14(10-24(34)35)1-2-16(15)11-17/h3-8,11-14H,1-2,9-10H2,(H,34,35)(H2,32,33,36). The van der Waals surface area contributed by atoms with E-state index in [1.165, 1.54) is 12.1 Å². The number of carbonyl (C=O) groups is 2. The Morgan fingerprint density at radius 3 is 2.31 bits per heavy atom. The number of rotatable bonds is 5. The molecule has 3 N–H and O–H groups in total. The van der Waals surface area contributed by atoms with Gasteiger partial charge in [-0.2, -0.15) is 13.2 Å². The number of hydrogen-bond acceptors (Lipinski definition) is 2. The van der Waals surface area contributed by atoms with Crippen LogP contribution in [-0.4, -0.2) is 17.1 Å². The number of hydrogen-bond donors (Lipinski definition) is 3. The number of aliphatic carboxylic acids is 1. The summed E-state index contributed by atoms with van der Waals surface area (Å²) in [6.45, 7) is 0. The molecule has 5 nitrogen and oxygen atoms in total. The number of carbonyl (C=O) groups excluding carboxylic acids is 1. The second-order valence-electron chi connectivity index (χ2n) is 8.66. The van der Waals surface area contributed by atoms with Gasteiger partial charge in [0, 0.05) is 12.1 Å². The minimum Gasteiger partial charge on any atom is -0.481 e. The van der Waals surface area contributed by atoms with E-state index >= 15 is 0 Å². The lowest BCUT2D eigenvalue weighted by molar-refractivity contribution is -0.140. The molecular weight excluding hydrogens is 483 g/mol. The number of amides is 2. The van der Waals surface area contributed by atoms with Gasteiger partial charge in [0.2, 0.25) is 0 Å². The monoisotopic (exact) mass is 504 g/mol. The van der Waals surface area contributed by atoms with Gasteiger partial charge in [0.1, 0.15) is 11.6 Å². The molecule has 0 saturated carbocycles. The molecule has 1 unspecified atom stereocenters. The fourth-order valence-corrected chi connectivity index (χ4v) is 4.33. The SMILES string of the molecule is O=C(O)CC1CCc2cc(-c3ccc(NC(=O)Nc4ccc(F)c(C(F)(F)F)c4)c(F)c3)ccc2C1. The van der Waals surface area contributed by atoms with E-state index in [0.29, 0.717) is 24.1 Å². The van der Waals surface area contributed by atoms with Gasteiger partial charge < -0.3 is 15.7 Å². The minimum absolute atomic E-state index is 0.0877. The molecule has 0 heterocycles. The Morgan fingerprint density at radius 2 is 1.61 bits per heavy atom. The highest BCUT2D eigenvalue weighted by molar-refractivity contribution is 6.00. The molecule has 0 spiro atoms. The molecule has 36 heavy (non-hydrogen) atoms. The topological polar surface area (TPSA) is 78.4 Å². The van der Waals surface area contributed by atoms with Crippen LogP contribution in [0.25, 0.3) is 11.1 Å². The summed E-state index contributed by atoms with van der Waals surface area (Å²) in [4.78, 5) is 23.2. The largest absolute Gasteiger partial charge is 0.481 e. The van der Waals surface area contributed by atoms with Gasteiger partial charge in [-0.05, 0) is 77.8 Å². The molecule has 0 aliphatic heterocycles. The third-order valence-corrected chi connectivity index (χ3v) is 6.08. The van der Waals surface area contributed by atoms with E-state index in [-0.39, 0.29) is 23.7 Å². The number of carboxylic acids is 1. The molecule has 3 aromatic carbocycles. The Kier molecular flexibility index (Phi) is 6.96. The van der Waals surface area contributed by atoms with E-state index < -0.39 is 35.4 Å². The van der Waals surface area contributed by atoms with E-state index in [0.717, 1.165) is 35.6 Å². The summed E-state index contributed by atoms with van der Waals surface area (Å²) < 4.78 is 66.7. The zero-order chi connectivity index (χ0) is 26.0. The van der Waals surface area contributed by atoms with E-state index in [4.69, 9.17) is 5.11 Å². The van der Waals surface area contributed by atoms with Crippen LogP contribution in [0.4, 0.5) is 38.1 Å². The number of anilines is 2. The van der Waals surface area contributed by atoms with Gasteiger partial charge >= 0.3 is 18.2 Å². The first kappa shape index (κ1) is 25.2. The van der Waals surface area contributed by atoms with Crippen molar-refractivity contribution in [3.63, 3.8) is 0 Å². The number of urea groups is 1. The van der Waals surface area contributed by atoms with Crippen LogP contribution in [0.2, 0.25) is 0 Å². The Hall–Kier alpha value is -3.95. The lowest BCUT2D eigenvalue weighted by Gasteiger charge is -2.24. The van der Waals surface area contributed by atoms with Crippen LogP contribution < -0.4 is 10.6 Å². The van der Waals surface area contributed by atoms with Crippen LogP contribution in [0.5, 0.6) is 0 Å². The molecule has 1 aliphatic carbocycles.